The van der Waals surface area contributed by atoms with Crippen LogP contribution in [0.1, 0.15) is 11.4 Å². The van der Waals surface area contributed by atoms with Crippen molar-refractivity contribution in [2.24, 2.45) is 0 Å². The maximum Gasteiger partial charge on any atom is 0.238 e. The Balaban J connectivity index is 2.05. The Morgan fingerprint density at radius 2 is 1.74 bits per heavy atom. The van der Waals surface area contributed by atoms with Gasteiger partial charge in [-0.05, 0) is 26.0 Å². The van der Waals surface area contributed by atoms with E-state index in [1.54, 1.807) is 11.7 Å². The summed E-state index contributed by atoms with van der Waals surface area (Å²) >= 11 is 0. The number of anilines is 1. The van der Waals surface area contributed by atoms with Crippen LogP contribution < -0.4 is 16.0 Å². The molecule has 0 aliphatic carbocycles. The van der Waals surface area contributed by atoms with Gasteiger partial charge in [0.25, 0.3) is 0 Å². The van der Waals surface area contributed by atoms with Crippen molar-refractivity contribution in [3.05, 3.63) is 41.7 Å². The van der Waals surface area contributed by atoms with Crippen molar-refractivity contribution < 1.29 is 9.59 Å². The molecule has 0 saturated heterocycles. The van der Waals surface area contributed by atoms with Crippen LogP contribution >= 0.6 is 0 Å². The van der Waals surface area contributed by atoms with E-state index in [1.165, 1.54) is 0 Å². The van der Waals surface area contributed by atoms with Crippen LogP contribution in [-0.2, 0) is 9.59 Å². The third-order valence-electron chi connectivity index (χ3n) is 3.41. The molecule has 0 aliphatic heterocycles. The number of carbonyl (C=O) groups excluding carboxylic acids is 2. The van der Waals surface area contributed by atoms with E-state index in [0.29, 0.717) is 5.69 Å². The number of aromatic nitrogens is 2. The Morgan fingerprint density at radius 1 is 1.09 bits per heavy atom. The topological polar surface area (TPSA) is 88.1 Å². The third-order valence-corrected chi connectivity index (χ3v) is 3.41. The molecular weight excluding hydrogens is 294 g/mol. The largest absolute Gasteiger partial charge is 0.358 e. The van der Waals surface area contributed by atoms with Gasteiger partial charge in [0.2, 0.25) is 11.8 Å². The summed E-state index contributed by atoms with van der Waals surface area (Å²) in [4.78, 5) is 23.1. The summed E-state index contributed by atoms with van der Waals surface area (Å²) in [6.07, 6.45) is 0. The lowest BCUT2D eigenvalue weighted by molar-refractivity contribution is -0.120. The van der Waals surface area contributed by atoms with Gasteiger partial charge in [0.15, 0.2) is 0 Å². The van der Waals surface area contributed by atoms with Crippen LogP contribution in [0.25, 0.3) is 5.69 Å². The predicted molar refractivity (Wildman–Crippen MR) is 88.6 cm³/mol. The summed E-state index contributed by atoms with van der Waals surface area (Å²) in [6.45, 7) is 3.91. The van der Waals surface area contributed by atoms with Gasteiger partial charge in [0, 0.05) is 7.05 Å². The number of aryl methyl sites for hydroxylation is 1. The average Bonchev–Trinajstić information content (AvgIpc) is 2.83. The molecule has 0 atom stereocenters. The zero-order valence-electron chi connectivity index (χ0n) is 13.5. The van der Waals surface area contributed by atoms with Crippen molar-refractivity contribution in [2.75, 3.05) is 25.5 Å². The second-order valence-corrected chi connectivity index (χ2v) is 5.12. The van der Waals surface area contributed by atoms with Crippen molar-refractivity contribution in [2.45, 2.75) is 13.8 Å². The molecule has 2 rings (SSSR count). The van der Waals surface area contributed by atoms with E-state index < -0.39 is 0 Å². The number of hydrogen-bond donors (Lipinski definition) is 3. The van der Waals surface area contributed by atoms with Gasteiger partial charge >= 0.3 is 0 Å². The number of amides is 2. The highest BCUT2D eigenvalue weighted by atomic mass is 16.2. The van der Waals surface area contributed by atoms with E-state index in [4.69, 9.17) is 0 Å². The first-order valence-corrected chi connectivity index (χ1v) is 7.35. The van der Waals surface area contributed by atoms with Crippen LogP contribution in [0.15, 0.2) is 30.3 Å². The van der Waals surface area contributed by atoms with Gasteiger partial charge in [-0.15, -0.1) is 0 Å². The molecule has 0 unspecified atom stereocenters. The van der Waals surface area contributed by atoms with Gasteiger partial charge in [-0.1, -0.05) is 18.2 Å². The highest BCUT2D eigenvalue weighted by molar-refractivity contribution is 5.93. The number of nitrogens with zero attached hydrogens (tertiary/aromatic N) is 2. The van der Waals surface area contributed by atoms with Crippen LogP contribution in [-0.4, -0.2) is 41.7 Å². The molecule has 0 bridgehead atoms. The molecule has 2 aromatic rings. The molecule has 0 radical (unpaired) electrons. The predicted octanol–water partition coefficient (Wildman–Crippen LogP) is 0.763. The van der Waals surface area contributed by atoms with Gasteiger partial charge in [-0.3, -0.25) is 14.9 Å². The maximum absolute atomic E-state index is 12.0. The minimum Gasteiger partial charge on any atom is -0.358 e. The Morgan fingerprint density at radius 3 is 2.39 bits per heavy atom. The van der Waals surface area contributed by atoms with Crippen molar-refractivity contribution >= 4 is 17.5 Å². The Hall–Kier alpha value is -2.67. The van der Waals surface area contributed by atoms with Crippen molar-refractivity contribution in [1.82, 2.24) is 20.4 Å². The van der Waals surface area contributed by atoms with E-state index in [0.717, 1.165) is 17.1 Å². The minimum atomic E-state index is -0.215. The molecule has 0 aliphatic rings. The lowest BCUT2D eigenvalue weighted by Crippen LogP contribution is -2.36. The van der Waals surface area contributed by atoms with E-state index in [-0.39, 0.29) is 24.9 Å². The van der Waals surface area contributed by atoms with E-state index in [2.05, 4.69) is 21.0 Å². The standard InChI is InChI=1S/C16H21N5O2/c1-11-16(19-15(23)10-18-9-14(22)17-3)12(2)21(20-11)13-7-5-4-6-8-13/h4-8,18H,9-10H2,1-3H3,(H,17,22)(H,19,23). The number of carbonyl (C=O) groups is 2. The summed E-state index contributed by atoms with van der Waals surface area (Å²) in [5.41, 5.74) is 3.23. The van der Waals surface area contributed by atoms with Gasteiger partial charge < -0.3 is 10.6 Å². The fraction of sp³-hybridized carbons (Fsp3) is 0.312. The molecule has 0 fully saturated rings. The van der Waals surface area contributed by atoms with Crippen molar-refractivity contribution in [3.63, 3.8) is 0 Å². The SMILES string of the molecule is CNC(=O)CNCC(=O)Nc1c(C)nn(-c2ccccc2)c1C. The Kier molecular flexibility index (Phi) is 5.48. The van der Waals surface area contributed by atoms with Gasteiger partial charge in [0.05, 0.1) is 35.9 Å². The molecule has 2 amide bonds. The van der Waals surface area contributed by atoms with Crippen LogP contribution in [0.5, 0.6) is 0 Å². The second-order valence-electron chi connectivity index (χ2n) is 5.12. The number of likely N-dealkylation sites (N-methyl/N-ethyl adjacent to an activating group) is 1. The fourth-order valence-corrected chi connectivity index (χ4v) is 2.21. The highest BCUT2D eigenvalue weighted by Crippen LogP contribution is 2.22. The van der Waals surface area contributed by atoms with Gasteiger partial charge in [0.1, 0.15) is 0 Å². The molecule has 1 aromatic carbocycles. The highest BCUT2D eigenvalue weighted by Gasteiger charge is 2.15. The lowest BCUT2D eigenvalue weighted by Gasteiger charge is -2.08. The molecule has 1 aromatic heterocycles. The molecular formula is C16H21N5O2. The summed E-state index contributed by atoms with van der Waals surface area (Å²) < 4.78 is 1.79. The number of benzene rings is 1. The summed E-state index contributed by atoms with van der Waals surface area (Å²) in [5.74, 6) is -0.380. The summed E-state index contributed by atoms with van der Waals surface area (Å²) in [6, 6.07) is 9.72. The molecule has 1 heterocycles. The normalized spacial score (nSPS) is 10.4. The number of para-hydroxylation sites is 1. The van der Waals surface area contributed by atoms with Gasteiger partial charge in [-0.25, -0.2) is 4.68 Å². The summed E-state index contributed by atoms with van der Waals surface area (Å²) in [7, 11) is 1.55. The monoisotopic (exact) mass is 315 g/mol. The zero-order chi connectivity index (χ0) is 16.8. The number of rotatable bonds is 6. The first-order valence-electron chi connectivity index (χ1n) is 7.35. The first-order chi connectivity index (χ1) is 11.0. The Bertz CT molecular complexity index is 694. The van der Waals surface area contributed by atoms with Crippen LogP contribution in [0, 0.1) is 13.8 Å². The second kappa shape index (κ2) is 7.55. The van der Waals surface area contributed by atoms with Crippen LogP contribution in [0.4, 0.5) is 5.69 Å². The van der Waals surface area contributed by atoms with E-state index in [1.807, 2.05) is 44.2 Å². The fourth-order valence-electron chi connectivity index (χ4n) is 2.21. The molecule has 3 N–H and O–H groups in total. The molecule has 23 heavy (non-hydrogen) atoms. The van der Waals surface area contributed by atoms with Crippen LogP contribution in [0.3, 0.4) is 0 Å². The van der Waals surface area contributed by atoms with Crippen molar-refractivity contribution in [3.8, 4) is 5.69 Å². The summed E-state index contributed by atoms with van der Waals surface area (Å²) in [5, 5.41) is 12.6. The number of hydrogen-bond acceptors (Lipinski definition) is 4. The van der Waals surface area contributed by atoms with Crippen LogP contribution in [0.2, 0.25) is 0 Å². The quantitative estimate of drug-likeness (QED) is 0.734. The minimum absolute atomic E-state index is 0.0584. The lowest BCUT2D eigenvalue weighted by atomic mass is 10.3. The molecule has 0 spiro atoms. The van der Waals surface area contributed by atoms with Gasteiger partial charge in [-0.2, -0.15) is 5.10 Å². The first kappa shape index (κ1) is 16.7. The molecule has 7 nitrogen and oxygen atoms in total. The van der Waals surface area contributed by atoms with E-state index in [9.17, 15) is 9.59 Å². The zero-order valence-corrected chi connectivity index (χ0v) is 13.5. The molecule has 0 saturated carbocycles. The third kappa shape index (κ3) is 4.17. The van der Waals surface area contributed by atoms with Crippen molar-refractivity contribution in [1.29, 1.82) is 0 Å². The Labute approximate surface area is 135 Å². The average molecular weight is 315 g/mol. The molecule has 7 heteroatoms. The molecule has 122 valence electrons. The maximum atomic E-state index is 12.0. The number of nitrogens with one attached hydrogen (secondary N) is 3. The smallest absolute Gasteiger partial charge is 0.238 e. The van der Waals surface area contributed by atoms with E-state index >= 15 is 0 Å².